The van der Waals surface area contributed by atoms with Gasteiger partial charge in [0.1, 0.15) is 30.5 Å². The zero-order valence-electron chi connectivity index (χ0n) is 32.5. The summed E-state index contributed by atoms with van der Waals surface area (Å²) in [5.41, 5.74) is 0. The van der Waals surface area contributed by atoms with Gasteiger partial charge in [0.25, 0.3) is 0 Å². The van der Waals surface area contributed by atoms with Crippen molar-refractivity contribution in [3.63, 3.8) is 0 Å². The number of rotatable bonds is 34. The molecule has 1 heterocycles. The molecule has 10 nitrogen and oxygen atoms in total. The maximum atomic E-state index is 12.9. The number of hydrogen-bond acceptors (Lipinski definition) is 9. The van der Waals surface area contributed by atoms with E-state index >= 15 is 0 Å². The monoisotopic (exact) mass is 730 g/mol. The molecule has 1 rings (SSSR count). The maximum absolute atomic E-state index is 12.9. The molecule has 0 aromatic heterocycles. The third kappa shape index (κ3) is 23.3. The molecular weight excluding hydrogens is 650 g/mol. The fraction of sp³-hybridized carbons (Fsp3) is 0.927. The zero-order valence-corrected chi connectivity index (χ0v) is 32.5. The van der Waals surface area contributed by atoms with Crippen molar-refractivity contribution in [2.75, 3.05) is 13.2 Å². The highest BCUT2D eigenvalue weighted by Crippen LogP contribution is 2.22. The third-order valence-corrected chi connectivity index (χ3v) is 10.2. The lowest BCUT2D eigenvalue weighted by Crippen LogP contribution is -2.60. The van der Waals surface area contributed by atoms with E-state index in [1.165, 1.54) is 116 Å². The van der Waals surface area contributed by atoms with Crippen molar-refractivity contribution >= 4 is 5.91 Å². The second-order valence-electron chi connectivity index (χ2n) is 14.9. The van der Waals surface area contributed by atoms with Crippen LogP contribution in [0.3, 0.4) is 0 Å². The number of ether oxygens (including phenoxy) is 2. The van der Waals surface area contributed by atoms with Gasteiger partial charge < -0.3 is 45.4 Å². The van der Waals surface area contributed by atoms with Crippen molar-refractivity contribution in [3.05, 3.63) is 12.2 Å². The lowest BCUT2D eigenvalue weighted by atomic mass is 9.99. The molecule has 0 spiro atoms. The molecule has 1 fully saturated rings. The number of carbonyl (C=O) groups is 1. The Labute approximate surface area is 310 Å². The van der Waals surface area contributed by atoms with Crippen LogP contribution in [0.15, 0.2) is 12.2 Å². The summed E-state index contributed by atoms with van der Waals surface area (Å²) >= 11 is 0. The topological polar surface area (TPSA) is 169 Å². The molecule has 302 valence electrons. The lowest BCUT2D eigenvalue weighted by Gasteiger charge is -2.40. The van der Waals surface area contributed by atoms with Crippen LogP contribution in [0.5, 0.6) is 0 Å². The predicted octanol–water partition coefficient (Wildman–Crippen LogP) is 6.75. The summed E-state index contributed by atoms with van der Waals surface area (Å²) in [6.07, 6.45) is 24.5. The second kappa shape index (κ2) is 32.3. The first-order valence-electron chi connectivity index (χ1n) is 21.0. The summed E-state index contributed by atoms with van der Waals surface area (Å²) in [4.78, 5) is 12.9. The molecule has 1 amide bonds. The third-order valence-electron chi connectivity index (χ3n) is 10.2. The highest BCUT2D eigenvalue weighted by atomic mass is 16.7. The number of allylic oxidation sites excluding steroid dienone is 1. The average molecular weight is 730 g/mol. The van der Waals surface area contributed by atoms with Gasteiger partial charge >= 0.3 is 0 Å². The molecule has 8 unspecified atom stereocenters. The number of aliphatic hydroxyl groups excluding tert-OH is 6. The Hall–Kier alpha value is -1.11. The van der Waals surface area contributed by atoms with Gasteiger partial charge in [0, 0.05) is 0 Å². The fourth-order valence-electron chi connectivity index (χ4n) is 6.69. The Morgan fingerprint density at radius 1 is 0.667 bits per heavy atom. The van der Waals surface area contributed by atoms with Gasteiger partial charge in [0.05, 0.1) is 25.4 Å². The van der Waals surface area contributed by atoms with Crippen LogP contribution in [0.25, 0.3) is 0 Å². The van der Waals surface area contributed by atoms with E-state index in [1.807, 2.05) is 6.08 Å². The van der Waals surface area contributed by atoms with Gasteiger partial charge in [-0.1, -0.05) is 174 Å². The smallest absolute Gasteiger partial charge is 0.249 e. The first kappa shape index (κ1) is 47.9. The number of nitrogens with one attached hydrogen (secondary N) is 1. The first-order chi connectivity index (χ1) is 24.8. The largest absolute Gasteiger partial charge is 0.394 e. The predicted molar refractivity (Wildman–Crippen MR) is 204 cm³/mol. The van der Waals surface area contributed by atoms with Crippen LogP contribution >= 0.6 is 0 Å². The highest BCUT2D eigenvalue weighted by molar-refractivity contribution is 5.80. The molecule has 0 aromatic rings. The van der Waals surface area contributed by atoms with E-state index in [4.69, 9.17) is 9.47 Å². The molecule has 8 atom stereocenters. The van der Waals surface area contributed by atoms with E-state index < -0.39 is 61.5 Å². The summed E-state index contributed by atoms with van der Waals surface area (Å²) < 4.78 is 11.1. The van der Waals surface area contributed by atoms with E-state index in [9.17, 15) is 35.4 Å². The molecule has 10 heteroatoms. The molecule has 0 aliphatic carbocycles. The van der Waals surface area contributed by atoms with E-state index in [2.05, 4.69) is 19.2 Å². The van der Waals surface area contributed by atoms with Crippen LogP contribution in [0.2, 0.25) is 0 Å². The Morgan fingerprint density at radius 2 is 1.12 bits per heavy atom. The lowest BCUT2D eigenvalue weighted by molar-refractivity contribution is -0.302. The molecule has 51 heavy (non-hydrogen) atoms. The molecule has 1 saturated heterocycles. The minimum absolute atomic E-state index is 0.302. The summed E-state index contributed by atoms with van der Waals surface area (Å²) in [7, 11) is 0. The van der Waals surface area contributed by atoms with Crippen LogP contribution in [-0.2, 0) is 14.3 Å². The van der Waals surface area contributed by atoms with Gasteiger partial charge in [-0.25, -0.2) is 0 Å². The van der Waals surface area contributed by atoms with Crippen LogP contribution in [0, 0.1) is 0 Å². The van der Waals surface area contributed by atoms with Gasteiger partial charge in [-0.2, -0.15) is 0 Å². The van der Waals surface area contributed by atoms with Crippen LogP contribution < -0.4 is 5.32 Å². The molecule has 0 bridgehead atoms. The standard InChI is InChI=1S/C41H79NO9/c1-3-5-7-9-11-13-14-15-16-17-18-19-20-22-23-25-27-29-34(44)33(32-50-41-39(48)38(47)37(46)36(31-43)51-41)42-40(49)35(45)30-28-26-24-21-12-10-8-6-4-2/h27,29,33-39,41,43-48H,3-26,28,30-32H2,1-2H3,(H,42,49)/b29-27+. The van der Waals surface area contributed by atoms with Crippen molar-refractivity contribution in [2.24, 2.45) is 0 Å². The second-order valence-corrected chi connectivity index (χ2v) is 14.9. The molecule has 1 aliphatic rings. The number of amides is 1. The number of aliphatic hydroxyl groups is 6. The zero-order chi connectivity index (χ0) is 37.5. The normalized spacial score (nSPS) is 22.7. The van der Waals surface area contributed by atoms with Gasteiger partial charge in [0.15, 0.2) is 6.29 Å². The van der Waals surface area contributed by atoms with Crippen LogP contribution in [0.1, 0.15) is 181 Å². The van der Waals surface area contributed by atoms with Gasteiger partial charge in [-0.05, 0) is 19.3 Å². The number of carbonyl (C=O) groups excluding carboxylic acids is 1. The number of hydrogen-bond donors (Lipinski definition) is 7. The summed E-state index contributed by atoms with van der Waals surface area (Å²) in [6, 6.07) is -0.972. The van der Waals surface area contributed by atoms with Gasteiger partial charge in [-0.15, -0.1) is 0 Å². The van der Waals surface area contributed by atoms with Crippen molar-refractivity contribution in [1.82, 2.24) is 5.32 Å². The van der Waals surface area contributed by atoms with E-state index in [0.717, 1.165) is 44.9 Å². The van der Waals surface area contributed by atoms with Crippen molar-refractivity contribution in [3.8, 4) is 0 Å². The molecule has 7 N–H and O–H groups in total. The van der Waals surface area contributed by atoms with E-state index in [-0.39, 0.29) is 6.61 Å². The molecule has 0 aromatic carbocycles. The van der Waals surface area contributed by atoms with Crippen molar-refractivity contribution < 1.29 is 44.9 Å². The van der Waals surface area contributed by atoms with Crippen LogP contribution in [0.4, 0.5) is 0 Å². The SMILES string of the molecule is CCCCCCCCCCCCCCCCC/C=C/C(O)C(COC1OC(CO)C(O)C(O)C1O)NC(=O)C(O)CCCCCCCCCCC. The maximum Gasteiger partial charge on any atom is 0.249 e. The summed E-state index contributed by atoms with van der Waals surface area (Å²) in [5.74, 6) is -0.619. The quantitative estimate of drug-likeness (QED) is 0.0280. The van der Waals surface area contributed by atoms with Crippen molar-refractivity contribution in [2.45, 2.75) is 230 Å². The van der Waals surface area contributed by atoms with Gasteiger partial charge in [-0.3, -0.25) is 4.79 Å². The minimum Gasteiger partial charge on any atom is -0.394 e. The Kier molecular flexibility index (Phi) is 30.4. The Balaban J connectivity index is 2.46. The molecule has 1 aliphatic heterocycles. The van der Waals surface area contributed by atoms with E-state index in [1.54, 1.807) is 6.08 Å². The first-order valence-corrected chi connectivity index (χ1v) is 21.0. The van der Waals surface area contributed by atoms with Gasteiger partial charge in [0.2, 0.25) is 5.91 Å². The average Bonchev–Trinajstić information content (AvgIpc) is 3.13. The summed E-state index contributed by atoms with van der Waals surface area (Å²) in [6.45, 7) is 3.57. The van der Waals surface area contributed by atoms with E-state index in [0.29, 0.717) is 6.42 Å². The molecule has 0 saturated carbocycles. The minimum atomic E-state index is -1.60. The fourth-order valence-corrected chi connectivity index (χ4v) is 6.69. The highest BCUT2D eigenvalue weighted by Gasteiger charge is 2.44. The van der Waals surface area contributed by atoms with Crippen molar-refractivity contribution in [1.29, 1.82) is 0 Å². The van der Waals surface area contributed by atoms with Crippen LogP contribution in [-0.4, -0.2) is 98.7 Å². The number of unbranched alkanes of at least 4 members (excludes halogenated alkanes) is 23. The Bertz CT molecular complexity index is 829. The summed E-state index contributed by atoms with van der Waals surface area (Å²) in [5, 5.41) is 64.3. The molecule has 0 radical (unpaired) electrons. The Morgan fingerprint density at radius 3 is 1.59 bits per heavy atom. The molecular formula is C41H79NO9.